The molecule has 0 radical (unpaired) electrons. The van der Waals surface area contributed by atoms with Crippen molar-refractivity contribution in [2.75, 3.05) is 40.0 Å². The molecule has 9 heteroatoms. The van der Waals surface area contributed by atoms with E-state index in [-0.39, 0.29) is 45.9 Å². The van der Waals surface area contributed by atoms with Crippen molar-refractivity contribution in [3.05, 3.63) is 49.0 Å². The normalized spacial score (nSPS) is 11.3. The molecule has 1 atom stereocenters. The van der Waals surface area contributed by atoms with Gasteiger partial charge in [0.2, 0.25) is 0 Å². The monoisotopic (exact) mass is 469 g/mol. The number of carbonyl (C=O) groups excluding carboxylic acids is 2. The summed E-state index contributed by atoms with van der Waals surface area (Å²) in [5, 5.41) is 2.70. The van der Waals surface area contributed by atoms with Crippen LogP contribution < -0.4 is 5.32 Å². The quantitative estimate of drug-likeness (QED) is 0.0749. The zero-order valence-electron chi connectivity index (χ0n) is 20.4. The van der Waals surface area contributed by atoms with Gasteiger partial charge in [-0.05, 0) is 40.5 Å². The summed E-state index contributed by atoms with van der Waals surface area (Å²) in [7, 11) is 0. The summed E-state index contributed by atoms with van der Waals surface area (Å²) in [6, 6.07) is 0. The maximum absolute atomic E-state index is 12.3. The second-order valence-corrected chi connectivity index (χ2v) is 7.82. The lowest BCUT2D eigenvalue weighted by Crippen LogP contribution is -2.37. The first-order chi connectivity index (χ1) is 15.5. The Labute approximate surface area is 197 Å². The van der Waals surface area contributed by atoms with Gasteiger partial charge in [-0.15, -0.1) is 6.58 Å². The third-order valence-electron chi connectivity index (χ3n) is 3.97. The smallest absolute Gasteiger partial charge is 0.407 e. The van der Waals surface area contributed by atoms with E-state index in [0.717, 1.165) is 12.0 Å². The molecular formula is C24H39NO8. The molecule has 0 fully saturated rings. The molecular weight excluding hydrogens is 430 g/mol. The van der Waals surface area contributed by atoms with Crippen LogP contribution in [-0.4, -0.2) is 58.1 Å². The third kappa shape index (κ3) is 18.5. The molecule has 0 spiro atoms. The zero-order chi connectivity index (χ0) is 25.2. The number of amides is 1. The Morgan fingerprint density at radius 3 is 1.82 bits per heavy atom. The molecule has 1 amide bonds. The van der Waals surface area contributed by atoms with E-state index >= 15 is 0 Å². The molecule has 188 valence electrons. The van der Waals surface area contributed by atoms with Crippen molar-refractivity contribution in [2.24, 2.45) is 5.92 Å². The molecule has 0 aliphatic carbocycles. The summed E-state index contributed by atoms with van der Waals surface area (Å²) >= 11 is 0. The van der Waals surface area contributed by atoms with E-state index in [1.807, 2.05) is 6.92 Å². The molecule has 0 heterocycles. The highest BCUT2D eigenvalue weighted by atomic mass is 16.7. The van der Waals surface area contributed by atoms with Gasteiger partial charge in [0.05, 0.1) is 31.3 Å². The molecule has 33 heavy (non-hydrogen) atoms. The number of hydrogen-bond donors (Lipinski definition) is 1. The zero-order valence-corrected chi connectivity index (χ0v) is 20.4. The highest BCUT2D eigenvalue weighted by Gasteiger charge is 2.18. The summed E-state index contributed by atoms with van der Waals surface area (Å²) in [6.45, 7) is 22.0. The van der Waals surface area contributed by atoms with E-state index in [1.165, 1.54) is 0 Å². The van der Waals surface area contributed by atoms with Gasteiger partial charge >= 0.3 is 12.1 Å². The van der Waals surface area contributed by atoms with E-state index in [4.69, 9.17) is 28.4 Å². The maximum Gasteiger partial charge on any atom is 0.407 e. The van der Waals surface area contributed by atoms with Gasteiger partial charge in [-0.2, -0.15) is 0 Å². The fourth-order valence-electron chi connectivity index (χ4n) is 2.19. The molecule has 0 aliphatic heterocycles. The summed E-state index contributed by atoms with van der Waals surface area (Å²) < 4.78 is 31.6. The van der Waals surface area contributed by atoms with Crippen LogP contribution in [0.25, 0.3) is 0 Å². The number of allylic oxidation sites excluding steroid dienone is 3. The van der Waals surface area contributed by atoms with Crippen molar-refractivity contribution >= 4 is 12.1 Å². The average Bonchev–Trinajstić information content (AvgIpc) is 2.72. The minimum atomic E-state index is -0.706. The summed E-state index contributed by atoms with van der Waals surface area (Å²) in [6.07, 6.45) is 0.0652. The first-order valence-electron chi connectivity index (χ1n) is 10.6. The van der Waals surface area contributed by atoms with Crippen molar-refractivity contribution in [3.8, 4) is 0 Å². The number of carbonyl (C=O) groups is 2. The molecule has 0 aromatic carbocycles. The largest absolute Gasteiger partial charge is 0.473 e. The van der Waals surface area contributed by atoms with E-state index in [0.29, 0.717) is 23.5 Å². The van der Waals surface area contributed by atoms with Crippen molar-refractivity contribution in [1.29, 1.82) is 0 Å². The predicted octanol–water partition coefficient (Wildman–Crippen LogP) is 4.22. The van der Waals surface area contributed by atoms with Gasteiger partial charge in [-0.1, -0.05) is 25.3 Å². The Hall–Kier alpha value is -2.78. The van der Waals surface area contributed by atoms with Gasteiger partial charge in [0.15, 0.2) is 19.7 Å². The minimum absolute atomic E-state index is 0.0316. The lowest BCUT2D eigenvalue weighted by molar-refractivity contribution is -0.140. The highest BCUT2D eigenvalue weighted by Crippen LogP contribution is 2.12. The van der Waals surface area contributed by atoms with Gasteiger partial charge in [0.25, 0.3) is 0 Å². The van der Waals surface area contributed by atoms with Crippen LogP contribution in [0.3, 0.4) is 0 Å². The fourth-order valence-corrected chi connectivity index (χ4v) is 2.19. The van der Waals surface area contributed by atoms with Gasteiger partial charge in [0.1, 0.15) is 0 Å². The highest BCUT2D eigenvalue weighted by molar-refractivity contribution is 5.86. The minimum Gasteiger partial charge on any atom is -0.473 e. The van der Waals surface area contributed by atoms with Crippen LogP contribution >= 0.6 is 0 Å². The summed E-state index contributed by atoms with van der Waals surface area (Å²) in [5.74, 6) is 0.423. The van der Waals surface area contributed by atoms with Crippen molar-refractivity contribution in [2.45, 2.75) is 46.6 Å². The first-order valence-corrected chi connectivity index (χ1v) is 10.6. The Morgan fingerprint density at radius 2 is 1.36 bits per heavy atom. The van der Waals surface area contributed by atoms with Crippen LogP contribution in [-0.2, 0) is 33.2 Å². The molecule has 0 aromatic rings. The number of hydrogen-bond acceptors (Lipinski definition) is 8. The Balaban J connectivity index is 4.71. The number of alkyl carbamates (subject to hydrolysis) is 1. The van der Waals surface area contributed by atoms with Crippen LogP contribution in [0.2, 0.25) is 0 Å². The molecule has 0 bridgehead atoms. The van der Waals surface area contributed by atoms with Gasteiger partial charge in [-0.3, -0.25) is 0 Å². The fraction of sp³-hybridized carbons (Fsp3) is 0.583. The summed E-state index contributed by atoms with van der Waals surface area (Å²) in [5.41, 5.74) is 1.31. The Bertz CT molecular complexity index is 651. The van der Waals surface area contributed by atoms with Crippen LogP contribution in [0.15, 0.2) is 49.0 Å². The van der Waals surface area contributed by atoms with Gasteiger partial charge in [-0.25, -0.2) is 9.59 Å². The molecule has 0 saturated heterocycles. The van der Waals surface area contributed by atoms with E-state index in [2.05, 4.69) is 31.6 Å². The van der Waals surface area contributed by atoms with E-state index in [1.54, 1.807) is 20.8 Å². The lowest BCUT2D eigenvalue weighted by Gasteiger charge is -2.21. The molecule has 0 aromatic heterocycles. The molecule has 0 saturated carbocycles. The molecule has 0 rings (SSSR count). The van der Waals surface area contributed by atoms with Crippen molar-refractivity contribution in [1.82, 2.24) is 5.32 Å². The first kappa shape index (κ1) is 30.2. The molecule has 1 N–H and O–H groups in total. The lowest BCUT2D eigenvalue weighted by atomic mass is 10.0. The van der Waals surface area contributed by atoms with Crippen LogP contribution in [0, 0.1) is 5.92 Å². The van der Waals surface area contributed by atoms with Crippen molar-refractivity contribution < 1.29 is 38.0 Å². The summed E-state index contributed by atoms with van der Waals surface area (Å²) in [4.78, 5) is 24.0. The van der Waals surface area contributed by atoms with Gasteiger partial charge < -0.3 is 33.7 Å². The van der Waals surface area contributed by atoms with Crippen LogP contribution in [0.1, 0.15) is 40.5 Å². The SMILES string of the molecule is C=C(C)CCC(CNC(=O)OC(COCOC(=C)C)COCOC(=C)C)COC(=O)C(=C)C. The molecule has 1 unspecified atom stereocenters. The van der Waals surface area contributed by atoms with Crippen LogP contribution in [0.4, 0.5) is 4.79 Å². The third-order valence-corrected chi connectivity index (χ3v) is 3.97. The maximum atomic E-state index is 12.3. The predicted molar refractivity (Wildman–Crippen MR) is 125 cm³/mol. The number of esters is 1. The van der Waals surface area contributed by atoms with E-state index < -0.39 is 18.2 Å². The average molecular weight is 470 g/mol. The Kier molecular flexibility index (Phi) is 16.2. The number of nitrogens with one attached hydrogen (secondary N) is 1. The second kappa shape index (κ2) is 17.7. The number of ether oxygens (including phenoxy) is 6. The Morgan fingerprint density at radius 1 is 0.818 bits per heavy atom. The molecule has 9 nitrogen and oxygen atoms in total. The van der Waals surface area contributed by atoms with Gasteiger partial charge in [0, 0.05) is 18.0 Å². The van der Waals surface area contributed by atoms with Crippen LogP contribution in [0.5, 0.6) is 0 Å². The van der Waals surface area contributed by atoms with E-state index in [9.17, 15) is 9.59 Å². The topological polar surface area (TPSA) is 102 Å². The standard InChI is InChI=1S/C24H39NO8/c1-17(2)9-10-21(12-30-23(26)18(3)4)11-25-24(27)33-22(13-28-15-31-19(5)6)14-29-16-32-20(7)8/h21-22H,1,3,5,7,9-16H2,2,4,6,8H3,(H,25,27). The second-order valence-electron chi connectivity index (χ2n) is 7.82. The molecule has 0 aliphatic rings. The number of rotatable bonds is 19. The van der Waals surface area contributed by atoms with Crippen molar-refractivity contribution in [3.63, 3.8) is 0 Å².